The van der Waals surface area contributed by atoms with Gasteiger partial charge in [0.15, 0.2) is 0 Å². The first-order valence-electron chi connectivity index (χ1n) is 11.9. The zero-order valence-electron chi connectivity index (χ0n) is 21.3. The maximum absolute atomic E-state index is 12.3. The lowest BCUT2D eigenvalue weighted by atomic mass is 9.96. The Morgan fingerprint density at radius 1 is 1.17 bits per heavy atom. The van der Waals surface area contributed by atoms with Gasteiger partial charge in [0.05, 0.1) is 5.75 Å². The van der Waals surface area contributed by atoms with Gasteiger partial charge in [-0.05, 0) is 63.6 Å². The molecule has 1 aromatic heterocycles. The van der Waals surface area contributed by atoms with Crippen LogP contribution in [0.15, 0.2) is 36.7 Å². The minimum absolute atomic E-state index is 0.140. The molecular weight excluding hydrogens is 466 g/mol. The average Bonchev–Trinajstić information content (AvgIpc) is 2.77. The number of nitrogens with zero attached hydrogens (tertiary/aromatic N) is 4. The number of benzene rings is 1. The van der Waals surface area contributed by atoms with E-state index < -0.39 is 15.4 Å². The fraction of sp³-hybridized carbons (Fsp3) is 0.560. The lowest BCUT2D eigenvalue weighted by Gasteiger charge is -2.35. The molecule has 0 saturated carbocycles. The first kappa shape index (κ1) is 26.7. The van der Waals surface area contributed by atoms with Gasteiger partial charge in [-0.2, -0.15) is 0 Å². The number of rotatable bonds is 8. The van der Waals surface area contributed by atoms with Crippen molar-refractivity contribution in [1.82, 2.24) is 14.9 Å². The van der Waals surface area contributed by atoms with Crippen LogP contribution in [0.5, 0.6) is 0 Å². The van der Waals surface area contributed by atoms with Gasteiger partial charge < -0.3 is 19.9 Å². The molecule has 0 radical (unpaired) electrons. The summed E-state index contributed by atoms with van der Waals surface area (Å²) in [5.41, 5.74) is 1.37. The van der Waals surface area contributed by atoms with Gasteiger partial charge in [-0.25, -0.2) is 23.2 Å². The van der Waals surface area contributed by atoms with Crippen LogP contribution in [0.1, 0.15) is 39.2 Å². The minimum Gasteiger partial charge on any atom is -0.444 e. The molecule has 1 N–H and O–H groups in total. The Balaban J connectivity index is 1.51. The number of likely N-dealkylation sites (tertiary alicyclic amines) is 1. The van der Waals surface area contributed by atoms with Crippen LogP contribution in [0.4, 0.5) is 22.1 Å². The van der Waals surface area contributed by atoms with Crippen LogP contribution in [0, 0.1) is 5.92 Å². The van der Waals surface area contributed by atoms with Gasteiger partial charge in [0.1, 0.15) is 33.4 Å². The summed E-state index contributed by atoms with van der Waals surface area (Å²) in [5.74, 6) is 2.11. The minimum atomic E-state index is -2.98. The van der Waals surface area contributed by atoms with Crippen LogP contribution < -0.4 is 10.2 Å². The molecule has 10 heteroatoms. The number of ether oxygens (including phenoxy) is 1. The topological polar surface area (TPSA) is 105 Å². The molecule has 2 heterocycles. The van der Waals surface area contributed by atoms with E-state index >= 15 is 0 Å². The molecule has 1 aromatic carbocycles. The second kappa shape index (κ2) is 11.2. The first-order chi connectivity index (χ1) is 16.4. The van der Waals surface area contributed by atoms with Crippen molar-refractivity contribution in [3.8, 4) is 0 Å². The predicted octanol–water partition coefficient (Wildman–Crippen LogP) is 3.89. The van der Waals surface area contributed by atoms with Crippen molar-refractivity contribution in [2.45, 2.75) is 45.6 Å². The van der Waals surface area contributed by atoms with E-state index in [9.17, 15) is 13.2 Å². The summed E-state index contributed by atoms with van der Waals surface area (Å²) in [6.07, 6.45) is 4.90. The second-order valence-electron chi connectivity index (χ2n) is 10.3. The van der Waals surface area contributed by atoms with Crippen LogP contribution in [0.2, 0.25) is 0 Å². The molecule has 0 spiro atoms. The summed E-state index contributed by atoms with van der Waals surface area (Å²) in [6.45, 7) is 7.89. The number of sulfone groups is 1. The highest BCUT2D eigenvalue weighted by Gasteiger charge is 2.27. The van der Waals surface area contributed by atoms with E-state index in [-0.39, 0.29) is 11.8 Å². The third-order valence-corrected chi connectivity index (χ3v) is 6.78. The standard InChI is InChI=1S/C25H37N5O4S/c1-25(2,3)34-24(31)30-13-10-20(11-14-30)17-29(4)23-16-22(26-18-27-23)28-21-8-6-19(7-9-21)12-15-35(5,32)33/h6-9,16,18,20H,10-15,17H2,1-5H3,(H,26,27,28). The third kappa shape index (κ3) is 9.01. The maximum Gasteiger partial charge on any atom is 0.410 e. The molecule has 3 rings (SSSR count). The van der Waals surface area contributed by atoms with Crippen LogP contribution in [-0.2, 0) is 21.0 Å². The monoisotopic (exact) mass is 503 g/mol. The molecule has 0 atom stereocenters. The van der Waals surface area contributed by atoms with Gasteiger partial charge in [0.2, 0.25) is 0 Å². The Kier molecular flexibility index (Phi) is 8.58. The largest absolute Gasteiger partial charge is 0.444 e. The fourth-order valence-corrected chi connectivity index (χ4v) is 4.54. The van der Waals surface area contributed by atoms with Crippen LogP contribution in [0.3, 0.4) is 0 Å². The number of aromatic nitrogens is 2. The highest BCUT2D eigenvalue weighted by Crippen LogP contribution is 2.23. The molecule has 1 aliphatic heterocycles. The number of carbonyl (C=O) groups excluding carboxylic acids is 1. The summed E-state index contributed by atoms with van der Waals surface area (Å²) in [5, 5.41) is 3.29. The number of carbonyl (C=O) groups is 1. The molecule has 0 unspecified atom stereocenters. The fourth-order valence-electron chi connectivity index (χ4n) is 3.94. The lowest BCUT2D eigenvalue weighted by molar-refractivity contribution is 0.0186. The molecule has 9 nitrogen and oxygen atoms in total. The molecule has 1 aliphatic rings. The average molecular weight is 504 g/mol. The first-order valence-corrected chi connectivity index (χ1v) is 14.0. The van der Waals surface area contributed by atoms with Gasteiger partial charge in [-0.1, -0.05) is 12.1 Å². The molecule has 1 saturated heterocycles. The Labute approximate surface area is 208 Å². The zero-order chi connectivity index (χ0) is 25.6. The Morgan fingerprint density at radius 2 is 1.83 bits per heavy atom. The van der Waals surface area contributed by atoms with Crippen molar-refractivity contribution < 1.29 is 17.9 Å². The van der Waals surface area contributed by atoms with Crippen LogP contribution in [-0.4, -0.2) is 73.7 Å². The van der Waals surface area contributed by atoms with E-state index in [4.69, 9.17) is 4.74 Å². The van der Waals surface area contributed by atoms with Crippen molar-refractivity contribution in [2.75, 3.05) is 48.9 Å². The molecular formula is C25H37N5O4S. The van der Waals surface area contributed by atoms with E-state index in [2.05, 4.69) is 20.2 Å². The molecule has 35 heavy (non-hydrogen) atoms. The molecule has 1 fully saturated rings. The van der Waals surface area contributed by atoms with E-state index in [1.54, 1.807) is 11.2 Å². The SMILES string of the molecule is CN(CC1CCN(C(=O)OC(C)(C)C)CC1)c1cc(Nc2ccc(CCS(C)(=O)=O)cc2)ncn1. The maximum atomic E-state index is 12.3. The van der Waals surface area contributed by atoms with E-state index in [0.29, 0.717) is 31.2 Å². The zero-order valence-corrected chi connectivity index (χ0v) is 22.1. The highest BCUT2D eigenvalue weighted by molar-refractivity contribution is 7.90. The highest BCUT2D eigenvalue weighted by atomic mass is 32.2. The van der Waals surface area contributed by atoms with Gasteiger partial charge in [-0.15, -0.1) is 0 Å². The molecule has 0 bridgehead atoms. The number of hydrogen-bond donors (Lipinski definition) is 1. The number of piperidine rings is 1. The Hall–Kier alpha value is -2.88. The van der Waals surface area contributed by atoms with Crippen molar-refractivity contribution in [2.24, 2.45) is 5.92 Å². The summed E-state index contributed by atoms with van der Waals surface area (Å²) >= 11 is 0. The molecule has 1 amide bonds. The van der Waals surface area contributed by atoms with Crippen molar-refractivity contribution in [3.63, 3.8) is 0 Å². The van der Waals surface area contributed by atoms with E-state index in [1.807, 2.05) is 58.2 Å². The Morgan fingerprint density at radius 3 is 2.43 bits per heavy atom. The quantitative estimate of drug-likeness (QED) is 0.579. The molecule has 0 aliphatic carbocycles. The van der Waals surface area contributed by atoms with E-state index in [1.165, 1.54) is 6.26 Å². The lowest BCUT2D eigenvalue weighted by Crippen LogP contribution is -2.43. The predicted molar refractivity (Wildman–Crippen MR) is 139 cm³/mol. The number of nitrogens with one attached hydrogen (secondary N) is 1. The van der Waals surface area contributed by atoms with Crippen LogP contribution >= 0.6 is 0 Å². The Bertz CT molecular complexity index is 1090. The van der Waals surface area contributed by atoms with Gasteiger partial charge in [-0.3, -0.25) is 0 Å². The summed E-state index contributed by atoms with van der Waals surface area (Å²) in [7, 11) is -0.962. The van der Waals surface area contributed by atoms with E-state index in [0.717, 1.165) is 36.5 Å². The number of amides is 1. The van der Waals surface area contributed by atoms with Crippen molar-refractivity contribution >= 4 is 33.3 Å². The summed E-state index contributed by atoms with van der Waals surface area (Å²) in [4.78, 5) is 25.0. The van der Waals surface area contributed by atoms with Gasteiger partial charge in [0, 0.05) is 44.7 Å². The molecule has 192 valence electrons. The smallest absolute Gasteiger partial charge is 0.410 e. The third-order valence-electron chi connectivity index (χ3n) is 5.83. The second-order valence-corrected chi connectivity index (χ2v) is 12.5. The normalized spacial score (nSPS) is 15.1. The van der Waals surface area contributed by atoms with Gasteiger partial charge >= 0.3 is 6.09 Å². The summed E-state index contributed by atoms with van der Waals surface area (Å²) in [6, 6.07) is 9.59. The van der Waals surface area contributed by atoms with Gasteiger partial charge in [0.25, 0.3) is 0 Å². The van der Waals surface area contributed by atoms with Crippen molar-refractivity contribution in [3.05, 3.63) is 42.2 Å². The summed E-state index contributed by atoms with van der Waals surface area (Å²) < 4.78 is 28.2. The van der Waals surface area contributed by atoms with Crippen LogP contribution in [0.25, 0.3) is 0 Å². The van der Waals surface area contributed by atoms with Crippen molar-refractivity contribution in [1.29, 1.82) is 0 Å². The number of anilines is 3. The number of aryl methyl sites for hydroxylation is 1. The number of hydrogen-bond acceptors (Lipinski definition) is 8. The molecule has 2 aromatic rings.